The number of carbonyl (C=O) groups is 1. The molecule has 0 aliphatic rings. The lowest BCUT2D eigenvalue weighted by atomic mass is 10.1. The van der Waals surface area contributed by atoms with E-state index in [-0.39, 0.29) is 5.91 Å². The molecule has 0 radical (unpaired) electrons. The van der Waals surface area contributed by atoms with Gasteiger partial charge < -0.3 is 5.32 Å². The zero-order chi connectivity index (χ0) is 14.8. The molecule has 0 saturated carbocycles. The highest BCUT2D eigenvalue weighted by Crippen LogP contribution is 2.21. The third kappa shape index (κ3) is 2.73. The molecule has 1 atom stereocenters. The number of amides is 1. The number of fused-ring (bicyclic) bond motifs is 1. The van der Waals surface area contributed by atoms with Crippen LogP contribution < -0.4 is 5.32 Å². The second kappa shape index (κ2) is 5.54. The molecular formula is C15H13ClN4O. The summed E-state index contributed by atoms with van der Waals surface area (Å²) in [7, 11) is 0. The summed E-state index contributed by atoms with van der Waals surface area (Å²) in [5.74, 6) is -0.144. The van der Waals surface area contributed by atoms with Crippen LogP contribution in [-0.4, -0.2) is 20.9 Å². The molecule has 6 heteroatoms. The van der Waals surface area contributed by atoms with Gasteiger partial charge in [-0.2, -0.15) is 0 Å². The molecule has 1 amide bonds. The maximum atomic E-state index is 11.5. The second-order valence-corrected chi connectivity index (χ2v) is 5.11. The van der Waals surface area contributed by atoms with Crippen molar-refractivity contribution in [2.24, 2.45) is 0 Å². The van der Waals surface area contributed by atoms with Crippen molar-refractivity contribution in [3.8, 4) is 0 Å². The number of para-hydroxylation sites is 1. The first-order valence-corrected chi connectivity index (χ1v) is 6.85. The quantitative estimate of drug-likeness (QED) is 0.809. The zero-order valence-electron chi connectivity index (χ0n) is 11.3. The van der Waals surface area contributed by atoms with E-state index in [0.717, 1.165) is 16.6 Å². The largest absolute Gasteiger partial charge is 0.331 e. The summed E-state index contributed by atoms with van der Waals surface area (Å²) in [5.41, 5.74) is 2.51. The minimum Gasteiger partial charge on any atom is -0.331 e. The number of hydrogen-bond acceptors (Lipinski definition) is 3. The number of carbonyl (C=O) groups excluding carboxylic acids is 1. The summed E-state index contributed by atoms with van der Waals surface area (Å²) in [6, 6.07) is 14.9. The first kappa shape index (κ1) is 13.6. The number of aromatic nitrogens is 3. The van der Waals surface area contributed by atoms with Crippen LogP contribution in [0.4, 0.5) is 0 Å². The molecule has 0 aliphatic heterocycles. The Morgan fingerprint density at radius 1 is 1.19 bits per heavy atom. The van der Waals surface area contributed by atoms with Gasteiger partial charge in [-0.25, -0.2) is 4.68 Å². The Balaban J connectivity index is 2.11. The molecule has 106 valence electrons. The number of rotatable bonds is 3. The van der Waals surface area contributed by atoms with Gasteiger partial charge in [0.2, 0.25) is 5.91 Å². The number of nitrogens with zero attached hydrogens (tertiary/aromatic N) is 3. The van der Waals surface area contributed by atoms with Crippen LogP contribution in [0.1, 0.15) is 18.7 Å². The van der Waals surface area contributed by atoms with Gasteiger partial charge in [0, 0.05) is 11.9 Å². The minimum atomic E-state index is -0.424. The van der Waals surface area contributed by atoms with Gasteiger partial charge in [0.15, 0.2) is 6.17 Å². The highest BCUT2D eigenvalue weighted by atomic mass is 35.5. The normalized spacial score (nSPS) is 12.3. The van der Waals surface area contributed by atoms with Crippen molar-refractivity contribution in [1.29, 1.82) is 0 Å². The number of hydrogen-bond donors (Lipinski definition) is 1. The van der Waals surface area contributed by atoms with Gasteiger partial charge in [-0.3, -0.25) is 4.79 Å². The smallest absolute Gasteiger partial charge is 0.218 e. The Bertz CT molecular complexity index is 782. The monoisotopic (exact) mass is 300 g/mol. The van der Waals surface area contributed by atoms with E-state index in [2.05, 4.69) is 15.6 Å². The van der Waals surface area contributed by atoms with Gasteiger partial charge in [0.25, 0.3) is 0 Å². The van der Waals surface area contributed by atoms with E-state index in [1.54, 1.807) is 16.8 Å². The van der Waals surface area contributed by atoms with Gasteiger partial charge in [-0.1, -0.05) is 41.1 Å². The second-order valence-electron chi connectivity index (χ2n) is 4.68. The molecule has 3 aromatic rings. The molecule has 0 aliphatic carbocycles. The van der Waals surface area contributed by atoms with Crippen LogP contribution in [0.15, 0.2) is 48.5 Å². The van der Waals surface area contributed by atoms with Crippen molar-refractivity contribution >= 4 is 28.5 Å². The Hall–Kier alpha value is -2.40. The van der Waals surface area contributed by atoms with E-state index in [4.69, 9.17) is 11.6 Å². The molecule has 0 fully saturated rings. The van der Waals surface area contributed by atoms with Gasteiger partial charge in [-0.05, 0) is 29.8 Å². The van der Waals surface area contributed by atoms with Gasteiger partial charge >= 0.3 is 0 Å². The molecule has 0 bridgehead atoms. The van der Waals surface area contributed by atoms with Gasteiger partial charge in [-0.15, -0.1) is 5.10 Å². The third-order valence-corrected chi connectivity index (χ3v) is 3.40. The summed E-state index contributed by atoms with van der Waals surface area (Å²) < 4.78 is 1.69. The minimum absolute atomic E-state index is 0.144. The van der Waals surface area contributed by atoms with Crippen molar-refractivity contribution in [1.82, 2.24) is 20.3 Å². The first-order valence-electron chi connectivity index (χ1n) is 6.47. The van der Waals surface area contributed by atoms with E-state index < -0.39 is 6.17 Å². The molecular weight excluding hydrogens is 288 g/mol. The Labute approximate surface area is 126 Å². The molecule has 0 unspecified atom stereocenters. The SMILES string of the molecule is CC(=O)N[C@H](c1ccc(Cl)cc1)n1nnc2ccccc21. The van der Waals surface area contributed by atoms with Crippen molar-refractivity contribution < 1.29 is 4.79 Å². The number of nitrogens with one attached hydrogen (secondary N) is 1. The number of benzene rings is 2. The first-order chi connectivity index (χ1) is 10.1. The zero-order valence-corrected chi connectivity index (χ0v) is 12.1. The summed E-state index contributed by atoms with van der Waals surface area (Å²) in [6.45, 7) is 1.47. The van der Waals surface area contributed by atoms with Crippen molar-refractivity contribution in [3.05, 3.63) is 59.1 Å². The average molecular weight is 301 g/mol. The van der Waals surface area contributed by atoms with Crippen LogP contribution in [0.25, 0.3) is 11.0 Å². The molecule has 1 aromatic heterocycles. The molecule has 5 nitrogen and oxygen atoms in total. The topological polar surface area (TPSA) is 59.8 Å². The lowest BCUT2D eigenvalue weighted by molar-refractivity contribution is -0.119. The van der Waals surface area contributed by atoms with E-state index in [9.17, 15) is 4.79 Å². The lowest BCUT2D eigenvalue weighted by Crippen LogP contribution is -2.32. The molecule has 2 aromatic carbocycles. The Morgan fingerprint density at radius 3 is 2.62 bits per heavy atom. The molecule has 0 spiro atoms. The van der Waals surface area contributed by atoms with Crippen LogP contribution in [0.3, 0.4) is 0 Å². The van der Waals surface area contributed by atoms with Crippen LogP contribution >= 0.6 is 11.6 Å². The van der Waals surface area contributed by atoms with Gasteiger partial charge in [0.1, 0.15) is 5.52 Å². The number of halogens is 1. The van der Waals surface area contributed by atoms with E-state index in [1.165, 1.54) is 6.92 Å². The molecule has 21 heavy (non-hydrogen) atoms. The standard InChI is InChI=1S/C15H13ClN4O/c1-10(21)17-15(11-6-8-12(16)9-7-11)20-14-5-3-2-4-13(14)18-19-20/h2-9,15H,1H3,(H,17,21)/t15-/m0/s1. The highest BCUT2D eigenvalue weighted by Gasteiger charge is 2.18. The summed E-state index contributed by atoms with van der Waals surface area (Å²) in [4.78, 5) is 11.5. The molecule has 3 rings (SSSR count). The highest BCUT2D eigenvalue weighted by molar-refractivity contribution is 6.30. The van der Waals surface area contributed by atoms with Crippen LogP contribution in [0.5, 0.6) is 0 Å². The molecule has 1 heterocycles. The van der Waals surface area contributed by atoms with Crippen molar-refractivity contribution in [2.75, 3.05) is 0 Å². The predicted octanol–water partition coefficient (Wildman–Crippen LogP) is 2.77. The maximum absolute atomic E-state index is 11.5. The fourth-order valence-electron chi connectivity index (χ4n) is 2.20. The summed E-state index contributed by atoms with van der Waals surface area (Å²) >= 11 is 5.92. The summed E-state index contributed by atoms with van der Waals surface area (Å²) in [5, 5.41) is 11.8. The van der Waals surface area contributed by atoms with Crippen molar-refractivity contribution in [2.45, 2.75) is 13.1 Å². The van der Waals surface area contributed by atoms with Gasteiger partial charge in [0.05, 0.1) is 5.52 Å². The molecule has 0 saturated heterocycles. The van der Waals surface area contributed by atoms with E-state index in [0.29, 0.717) is 5.02 Å². The van der Waals surface area contributed by atoms with Crippen LogP contribution in [0.2, 0.25) is 5.02 Å². The molecule has 1 N–H and O–H groups in total. The van der Waals surface area contributed by atoms with E-state index >= 15 is 0 Å². The van der Waals surface area contributed by atoms with Crippen LogP contribution in [0, 0.1) is 0 Å². The predicted molar refractivity (Wildman–Crippen MR) is 80.9 cm³/mol. The van der Waals surface area contributed by atoms with Crippen molar-refractivity contribution in [3.63, 3.8) is 0 Å². The summed E-state index contributed by atoms with van der Waals surface area (Å²) in [6.07, 6.45) is -0.424. The lowest BCUT2D eigenvalue weighted by Gasteiger charge is -2.19. The van der Waals surface area contributed by atoms with Crippen LogP contribution in [-0.2, 0) is 4.79 Å². The third-order valence-electron chi connectivity index (χ3n) is 3.15. The Kier molecular flexibility index (Phi) is 3.58. The fourth-order valence-corrected chi connectivity index (χ4v) is 2.33. The average Bonchev–Trinajstić information content (AvgIpc) is 2.89. The Morgan fingerprint density at radius 2 is 1.90 bits per heavy atom. The fraction of sp³-hybridized carbons (Fsp3) is 0.133. The van der Waals surface area contributed by atoms with E-state index in [1.807, 2.05) is 36.4 Å². The maximum Gasteiger partial charge on any atom is 0.218 e.